The number of amides is 1. The Morgan fingerprint density at radius 1 is 1.12 bits per heavy atom. The lowest BCUT2D eigenvalue weighted by Gasteiger charge is -2.21. The maximum atomic E-state index is 12.4. The van der Waals surface area contributed by atoms with E-state index in [2.05, 4.69) is 37.2 Å². The molecule has 0 bridgehead atoms. The average Bonchev–Trinajstić information content (AvgIpc) is 3.02. The van der Waals surface area contributed by atoms with Crippen LogP contribution in [0.5, 0.6) is 5.75 Å². The Kier molecular flexibility index (Phi) is 4.54. The monoisotopic (exact) mass is 465 g/mol. The van der Waals surface area contributed by atoms with Gasteiger partial charge in [-0.15, -0.1) is 0 Å². The molecule has 7 heteroatoms. The lowest BCUT2D eigenvalue weighted by Crippen LogP contribution is -2.23. The summed E-state index contributed by atoms with van der Waals surface area (Å²) >= 11 is 6.89. The number of halogens is 2. The topological polar surface area (TPSA) is 60.7 Å². The Labute approximate surface area is 160 Å². The van der Waals surface area contributed by atoms with E-state index in [1.807, 2.05) is 30.3 Å². The van der Waals surface area contributed by atoms with Gasteiger partial charge in [-0.05, 0) is 36.4 Å². The molecule has 3 aromatic rings. The molecule has 0 spiro atoms. The van der Waals surface area contributed by atoms with Crippen LogP contribution in [0.4, 0.5) is 0 Å². The van der Waals surface area contributed by atoms with Crippen LogP contribution in [-0.2, 0) is 17.9 Å². The van der Waals surface area contributed by atoms with Crippen LogP contribution in [0, 0.1) is 0 Å². The number of rotatable bonds is 3. The summed E-state index contributed by atoms with van der Waals surface area (Å²) in [4.78, 5) is 12.4. The molecular formula is C18H13Br2NO4. The van der Waals surface area contributed by atoms with Gasteiger partial charge in [0.15, 0.2) is 12.6 Å². The largest absolute Gasteiger partial charge is 0.467 e. The minimum Gasteiger partial charge on any atom is -0.467 e. The fourth-order valence-electron chi connectivity index (χ4n) is 2.78. The smallest absolute Gasteiger partial charge is 0.287 e. The van der Waals surface area contributed by atoms with Crippen molar-refractivity contribution in [3.63, 3.8) is 0 Å². The molecule has 2 heterocycles. The fraction of sp³-hybridized carbons (Fsp3) is 0.167. The maximum absolute atomic E-state index is 12.4. The highest BCUT2D eigenvalue weighted by atomic mass is 79.9. The third-order valence-corrected chi connectivity index (χ3v) is 4.84. The van der Waals surface area contributed by atoms with Gasteiger partial charge in [0, 0.05) is 32.0 Å². The molecule has 1 N–H and O–H groups in total. The number of nitrogens with one attached hydrogen (secondary N) is 1. The van der Waals surface area contributed by atoms with Crippen LogP contribution in [0.25, 0.3) is 11.0 Å². The SMILES string of the molecule is O=C(NCc1cc(Br)cc2c1OCOC2)c1cc2cc(Br)ccc2o1. The molecule has 2 aromatic carbocycles. The van der Waals surface area contributed by atoms with E-state index in [1.54, 1.807) is 6.07 Å². The van der Waals surface area contributed by atoms with Gasteiger partial charge in [0.25, 0.3) is 5.91 Å². The zero-order valence-electron chi connectivity index (χ0n) is 13.0. The van der Waals surface area contributed by atoms with Crippen molar-refractivity contribution in [2.75, 3.05) is 6.79 Å². The van der Waals surface area contributed by atoms with Crippen molar-refractivity contribution in [3.05, 3.63) is 62.2 Å². The number of carbonyl (C=O) groups excluding carboxylic acids is 1. The van der Waals surface area contributed by atoms with Crippen molar-refractivity contribution in [2.24, 2.45) is 0 Å². The zero-order valence-corrected chi connectivity index (χ0v) is 16.1. The molecule has 1 aliphatic heterocycles. The predicted molar refractivity (Wildman–Crippen MR) is 99.5 cm³/mol. The molecule has 0 unspecified atom stereocenters. The Bertz CT molecular complexity index is 967. The molecule has 0 saturated heterocycles. The van der Waals surface area contributed by atoms with Gasteiger partial charge in [-0.3, -0.25) is 4.79 Å². The molecule has 1 aromatic heterocycles. The molecule has 4 rings (SSSR count). The maximum Gasteiger partial charge on any atom is 0.287 e. The van der Waals surface area contributed by atoms with E-state index in [4.69, 9.17) is 13.9 Å². The Hall–Kier alpha value is -1.83. The highest BCUT2D eigenvalue weighted by Gasteiger charge is 2.18. The van der Waals surface area contributed by atoms with E-state index in [0.29, 0.717) is 18.7 Å². The molecule has 0 aliphatic carbocycles. The van der Waals surface area contributed by atoms with Crippen molar-refractivity contribution in [3.8, 4) is 5.75 Å². The van der Waals surface area contributed by atoms with E-state index >= 15 is 0 Å². The number of fused-ring (bicyclic) bond motifs is 2. The second kappa shape index (κ2) is 6.82. The second-order valence-corrected chi connectivity index (χ2v) is 7.47. The summed E-state index contributed by atoms with van der Waals surface area (Å²) < 4.78 is 18.3. The first-order valence-corrected chi connectivity index (χ1v) is 9.18. The van der Waals surface area contributed by atoms with E-state index in [1.165, 1.54) is 0 Å². The number of carbonyl (C=O) groups is 1. The summed E-state index contributed by atoms with van der Waals surface area (Å²) in [5.74, 6) is 0.776. The standard InChI is InChI=1S/C18H13Br2NO4/c19-13-1-2-15-10(3-13)6-16(25-15)18(22)21-7-11-4-14(20)5-12-8-23-9-24-17(11)12/h1-6H,7-9H2,(H,21,22). The third kappa shape index (κ3) is 3.44. The van der Waals surface area contributed by atoms with Gasteiger partial charge in [-0.2, -0.15) is 0 Å². The second-order valence-electron chi connectivity index (χ2n) is 5.64. The third-order valence-electron chi connectivity index (χ3n) is 3.89. The van der Waals surface area contributed by atoms with Gasteiger partial charge < -0.3 is 19.2 Å². The summed E-state index contributed by atoms with van der Waals surface area (Å²) in [7, 11) is 0. The van der Waals surface area contributed by atoms with E-state index < -0.39 is 0 Å². The van der Waals surface area contributed by atoms with Crippen LogP contribution in [0.15, 0.2) is 49.8 Å². The first kappa shape index (κ1) is 16.6. The molecule has 0 radical (unpaired) electrons. The summed E-state index contributed by atoms with van der Waals surface area (Å²) in [6, 6.07) is 11.2. The van der Waals surface area contributed by atoms with Crippen LogP contribution in [0.2, 0.25) is 0 Å². The average molecular weight is 467 g/mol. The summed E-state index contributed by atoms with van der Waals surface area (Å²) in [5.41, 5.74) is 2.52. The lowest BCUT2D eigenvalue weighted by molar-refractivity contribution is -0.0171. The number of ether oxygens (including phenoxy) is 2. The van der Waals surface area contributed by atoms with Gasteiger partial charge in [-0.25, -0.2) is 0 Å². The van der Waals surface area contributed by atoms with Crippen LogP contribution in [0.1, 0.15) is 21.7 Å². The summed E-state index contributed by atoms with van der Waals surface area (Å²) in [5, 5.41) is 3.76. The van der Waals surface area contributed by atoms with Gasteiger partial charge in [0.1, 0.15) is 11.3 Å². The van der Waals surface area contributed by atoms with E-state index in [9.17, 15) is 4.79 Å². The van der Waals surface area contributed by atoms with Crippen molar-refractivity contribution in [1.82, 2.24) is 5.32 Å². The fourth-order valence-corrected chi connectivity index (χ4v) is 3.71. The minimum absolute atomic E-state index is 0.216. The normalized spacial score (nSPS) is 13.4. The minimum atomic E-state index is -0.270. The molecular weight excluding hydrogens is 454 g/mol. The van der Waals surface area contributed by atoms with Gasteiger partial charge in [0.05, 0.1) is 6.61 Å². The van der Waals surface area contributed by atoms with Gasteiger partial charge in [-0.1, -0.05) is 31.9 Å². The Morgan fingerprint density at radius 3 is 2.88 bits per heavy atom. The van der Waals surface area contributed by atoms with Crippen molar-refractivity contribution in [2.45, 2.75) is 13.2 Å². The number of hydrogen-bond donors (Lipinski definition) is 1. The first-order chi connectivity index (χ1) is 12.1. The highest BCUT2D eigenvalue weighted by Crippen LogP contribution is 2.32. The number of hydrogen-bond acceptors (Lipinski definition) is 4. The van der Waals surface area contributed by atoms with Crippen LogP contribution in [-0.4, -0.2) is 12.7 Å². The lowest BCUT2D eigenvalue weighted by atomic mass is 10.1. The predicted octanol–water partition coefficient (Wildman–Crippen LogP) is 4.75. The number of benzene rings is 2. The molecule has 25 heavy (non-hydrogen) atoms. The van der Waals surface area contributed by atoms with Crippen LogP contribution < -0.4 is 10.1 Å². The first-order valence-electron chi connectivity index (χ1n) is 7.59. The molecule has 5 nitrogen and oxygen atoms in total. The summed E-state index contributed by atoms with van der Waals surface area (Å²) in [6.07, 6.45) is 0. The quantitative estimate of drug-likeness (QED) is 0.604. The van der Waals surface area contributed by atoms with E-state index in [-0.39, 0.29) is 18.5 Å². The molecule has 0 atom stereocenters. The van der Waals surface area contributed by atoms with Gasteiger partial charge in [0.2, 0.25) is 0 Å². The van der Waals surface area contributed by atoms with Crippen molar-refractivity contribution >= 4 is 48.7 Å². The van der Waals surface area contributed by atoms with Crippen LogP contribution in [0.3, 0.4) is 0 Å². The Balaban J connectivity index is 1.54. The molecule has 0 saturated carbocycles. The summed E-state index contributed by atoms with van der Waals surface area (Å²) in [6.45, 7) is 1.05. The molecule has 1 aliphatic rings. The molecule has 1 amide bonds. The van der Waals surface area contributed by atoms with Crippen molar-refractivity contribution < 1.29 is 18.7 Å². The van der Waals surface area contributed by atoms with Gasteiger partial charge >= 0.3 is 0 Å². The highest BCUT2D eigenvalue weighted by molar-refractivity contribution is 9.10. The van der Waals surface area contributed by atoms with Crippen molar-refractivity contribution in [1.29, 1.82) is 0 Å². The Morgan fingerprint density at radius 2 is 2.00 bits per heavy atom. The number of furan rings is 1. The van der Waals surface area contributed by atoms with Crippen LogP contribution >= 0.6 is 31.9 Å². The van der Waals surface area contributed by atoms with E-state index in [0.717, 1.165) is 31.2 Å². The molecule has 128 valence electrons. The zero-order chi connectivity index (χ0) is 17.4. The molecule has 0 fully saturated rings.